The summed E-state index contributed by atoms with van der Waals surface area (Å²) in [6, 6.07) is 23.1. The van der Waals surface area contributed by atoms with E-state index in [1.54, 1.807) is 54.6 Å². The molecule has 0 fully saturated rings. The van der Waals surface area contributed by atoms with Gasteiger partial charge in [-0.25, -0.2) is 9.59 Å². The fraction of sp³-hybridized carbons (Fsp3) is 0. The first-order valence-electron chi connectivity index (χ1n) is 9.02. The molecule has 0 aliphatic rings. The first-order chi connectivity index (χ1) is 14.6. The molecule has 0 spiro atoms. The monoisotopic (exact) mass is 395 g/mol. The highest BCUT2D eigenvalue weighted by atomic mass is 16.5. The van der Waals surface area contributed by atoms with Crippen molar-refractivity contribution in [3.8, 4) is 28.7 Å². The normalized spacial score (nSPS) is 10.2. The van der Waals surface area contributed by atoms with Crippen LogP contribution in [0.1, 0.15) is 11.1 Å². The van der Waals surface area contributed by atoms with Gasteiger partial charge in [-0.2, -0.15) is 5.26 Å². The molecule has 0 amide bonds. The molecule has 0 unspecified atom stereocenters. The number of esters is 2. The van der Waals surface area contributed by atoms with E-state index in [9.17, 15) is 9.59 Å². The van der Waals surface area contributed by atoms with Gasteiger partial charge in [-0.15, -0.1) is 0 Å². The lowest BCUT2D eigenvalue weighted by Gasteiger charge is -2.05. The quantitative estimate of drug-likeness (QED) is 0.336. The van der Waals surface area contributed by atoms with Crippen molar-refractivity contribution in [2.75, 3.05) is 0 Å². The van der Waals surface area contributed by atoms with E-state index in [0.29, 0.717) is 17.1 Å². The Morgan fingerprint density at radius 1 is 0.767 bits per heavy atom. The number of carbonyl (C=O) groups excluding carboxylic acids is 2. The van der Waals surface area contributed by atoms with Gasteiger partial charge < -0.3 is 9.47 Å². The zero-order valence-corrected chi connectivity index (χ0v) is 15.9. The van der Waals surface area contributed by atoms with E-state index >= 15 is 0 Å². The Hall–Kier alpha value is -4.43. The highest BCUT2D eigenvalue weighted by molar-refractivity contribution is 5.89. The number of hydrogen-bond acceptors (Lipinski definition) is 5. The van der Waals surface area contributed by atoms with Crippen molar-refractivity contribution >= 4 is 18.0 Å². The second-order valence-corrected chi connectivity index (χ2v) is 6.16. The van der Waals surface area contributed by atoms with Gasteiger partial charge in [-0.05, 0) is 59.2 Å². The fourth-order valence-electron chi connectivity index (χ4n) is 2.57. The van der Waals surface area contributed by atoms with Gasteiger partial charge in [0, 0.05) is 12.2 Å². The van der Waals surface area contributed by atoms with Crippen LogP contribution in [0.15, 0.2) is 91.5 Å². The number of rotatable bonds is 6. The number of carbonyl (C=O) groups is 2. The van der Waals surface area contributed by atoms with Gasteiger partial charge in [-0.3, -0.25) is 0 Å². The van der Waals surface area contributed by atoms with Crippen LogP contribution in [0.2, 0.25) is 0 Å². The zero-order chi connectivity index (χ0) is 21.3. The first-order valence-corrected chi connectivity index (χ1v) is 9.02. The molecule has 0 saturated carbocycles. The van der Waals surface area contributed by atoms with E-state index in [0.717, 1.165) is 22.8 Å². The molecule has 0 saturated heterocycles. The highest BCUT2D eigenvalue weighted by Gasteiger charge is 2.03. The average Bonchev–Trinajstić information content (AvgIpc) is 2.79. The van der Waals surface area contributed by atoms with E-state index in [-0.39, 0.29) is 0 Å². The Kier molecular flexibility index (Phi) is 6.55. The summed E-state index contributed by atoms with van der Waals surface area (Å²) in [5, 5.41) is 8.86. The van der Waals surface area contributed by atoms with Gasteiger partial charge in [0.25, 0.3) is 0 Å². The maximum atomic E-state index is 12.0. The summed E-state index contributed by atoms with van der Waals surface area (Å²) in [4.78, 5) is 23.2. The number of nitrogens with zero attached hydrogens (tertiary/aromatic N) is 1. The Morgan fingerprint density at radius 2 is 1.27 bits per heavy atom. The summed E-state index contributed by atoms with van der Waals surface area (Å²) < 4.78 is 10.3. The van der Waals surface area contributed by atoms with Crippen molar-refractivity contribution in [2.45, 2.75) is 0 Å². The maximum Gasteiger partial charge on any atom is 0.336 e. The predicted molar refractivity (Wildman–Crippen MR) is 114 cm³/mol. The Labute approximate surface area is 174 Å². The third-order valence-electron chi connectivity index (χ3n) is 4.10. The lowest BCUT2D eigenvalue weighted by molar-refractivity contribution is -0.129. The topological polar surface area (TPSA) is 76.4 Å². The fourth-order valence-corrected chi connectivity index (χ4v) is 2.57. The van der Waals surface area contributed by atoms with Crippen molar-refractivity contribution in [2.24, 2.45) is 0 Å². The molecule has 0 aliphatic carbocycles. The molecule has 0 aromatic heterocycles. The zero-order valence-electron chi connectivity index (χ0n) is 15.9. The molecule has 5 heteroatoms. The van der Waals surface area contributed by atoms with Gasteiger partial charge in [0.05, 0.1) is 11.6 Å². The van der Waals surface area contributed by atoms with Crippen LogP contribution < -0.4 is 9.47 Å². The number of ether oxygens (including phenoxy) is 2. The number of hydrogen-bond donors (Lipinski definition) is 0. The van der Waals surface area contributed by atoms with Crippen molar-refractivity contribution in [3.05, 3.63) is 103 Å². The highest BCUT2D eigenvalue weighted by Crippen LogP contribution is 2.23. The van der Waals surface area contributed by atoms with Crippen LogP contribution in [0.5, 0.6) is 11.5 Å². The lowest BCUT2D eigenvalue weighted by Crippen LogP contribution is -2.03. The molecular weight excluding hydrogens is 378 g/mol. The molecule has 30 heavy (non-hydrogen) atoms. The van der Waals surface area contributed by atoms with Crippen molar-refractivity contribution in [1.82, 2.24) is 0 Å². The van der Waals surface area contributed by atoms with Crippen LogP contribution >= 0.6 is 0 Å². The van der Waals surface area contributed by atoms with Crippen LogP contribution in [0.25, 0.3) is 17.2 Å². The summed E-state index contributed by atoms with van der Waals surface area (Å²) in [6.07, 6.45) is 4.01. The smallest absolute Gasteiger partial charge is 0.336 e. The van der Waals surface area contributed by atoms with Crippen molar-refractivity contribution < 1.29 is 19.1 Å². The van der Waals surface area contributed by atoms with Crippen LogP contribution in [0.3, 0.4) is 0 Å². The van der Waals surface area contributed by atoms with E-state index in [2.05, 4.69) is 12.6 Å². The largest absolute Gasteiger partial charge is 0.423 e. The van der Waals surface area contributed by atoms with Gasteiger partial charge in [-0.1, -0.05) is 43.0 Å². The summed E-state index contributed by atoms with van der Waals surface area (Å²) >= 11 is 0. The van der Waals surface area contributed by atoms with Crippen molar-refractivity contribution in [3.63, 3.8) is 0 Å². The lowest BCUT2D eigenvalue weighted by atomic mass is 10.0. The molecule has 0 bridgehead atoms. The molecule has 3 rings (SSSR count). The van der Waals surface area contributed by atoms with Gasteiger partial charge in [0.2, 0.25) is 0 Å². The second-order valence-electron chi connectivity index (χ2n) is 6.16. The van der Waals surface area contributed by atoms with Gasteiger partial charge in [0.15, 0.2) is 0 Å². The molecule has 3 aromatic rings. The van der Waals surface area contributed by atoms with E-state index < -0.39 is 11.9 Å². The third kappa shape index (κ3) is 5.54. The number of benzene rings is 3. The minimum Gasteiger partial charge on any atom is -0.423 e. The summed E-state index contributed by atoms with van der Waals surface area (Å²) in [5.74, 6) is -0.230. The third-order valence-corrected chi connectivity index (χ3v) is 4.10. The summed E-state index contributed by atoms with van der Waals surface area (Å²) in [7, 11) is 0. The molecule has 0 heterocycles. The van der Waals surface area contributed by atoms with Gasteiger partial charge in [0.1, 0.15) is 11.5 Å². The van der Waals surface area contributed by atoms with Crippen LogP contribution in [-0.4, -0.2) is 11.9 Å². The molecule has 146 valence electrons. The molecule has 0 aliphatic heterocycles. The molecule has 3 aromatic carbocycles. The maximum absolute atomic E-state index is 12.0. The van der Waals surface area contributed by atoms with E-state index in [4.69, 9.17) is 14.7 Å². The minimum atomic E-state index is -0.535. The van der Waals surface area contributed by atoms with Gasteiger partial charge >= 0.3 is 11.9 Å². The minimum absolute atomic E-state index is 0.391. The number of nitriles is 1. The average molecular weight is 395 g/mol. The van der Waals surface area contributed by atoms with E-state index in [1.165, 1.54) is 6.08 Å². The predicted octanol–water partition coefficient (Wildman–Crippen LogP) is 4.94. The van der Waals surface area contributed by atoms with Crippen LogP contribution in [0.4, 0.5) is 0 Å². The summed E-state index contributed by atoms with van der Waals surface area (Å²) in [6.45, 7) is 3.34. The Morgan fingerprint density at radius 3 is 1.80 bits per heavy atom. The molecular formula is C25H17NO4. The van der Waals surface area contributed by atoms with E-state index in [1.807, 2.05) is 24.3 Å². The van der Waals surface area contributed by atoms with Crippen LogP contribution in [-0.2, 0) is 9.59 Å². The summed E-state index contributed by atoms with van der Waals surface area (Å²) in [5.41, 5.74) is 3.27. The molecule has 5 nitrogen and oxygen atoms in total. The molecule has 0 radical (unpaired) electrons. The molecule has 0 atom stereocenters. The standard InChI is InChI=1S/C25H17NO4/c1-2-24(27)29-22-12-5-18(6-13-22)7-16-25(28)30-23-14-10-21(11-15-23)20-8-3-19(17-26)4-9-20/h2-16H,1H2. The van der Waals surface area contributed by atoms with Crippen molar-refractivity contribution in [1.29, 1.82) is 5.26 Å². The molecule has 0 N–H and O–H groups in total. The van der Waals surface area contributed by atoms with Crippen LogP contribution in [0, 0.1) is 11.3 Å². The SMILES string of the molecule is C=CC(=O)Oc1ccc(C=CC(=O)Oc2ccc(-c3ccc(C#N)cc3)cc2)cc1. The first kappa shape index (κ1) is 20.3. The second kappa shape index (κ2) is 9.67. The Balaban J connectivity index is 1.58. The Bertz CT molecular complexity index is 1120.